The molecule has 3 aromatic rings. The maximum atomic E-state index is 3.65. The minimum Gasteiger partial charge on any atom is -0.378 e. The van der Waals surface area contributed by atoms with Gasteiger partial charge in [0.05, 0.1) is 6.04 Å². The van der Waals surface area contributed by atoms with Crippen LogP contribution in [0, 0.1) is 6.92 Å². The molecule has 0 spiro atoms. The van der Waals surface area contributed by atoms with Gasteiger partial charge < -0.3 is 5.32 Å². The third kappa shape index (κ3) is 2.39. The van der Waals surface area contributed by atoms with Gasteiger partial charge in [0.1, 0.15) is 0 Å². The lowest BCUT2D eigenvalue weighted by atomic mass is 9.99. The topological polar surface area (TPSA) is 12.0 Å². The van der Waals surface area contributed by atoms with E-state index in [0.29, 0.717) is 6.04 Å². The van der Waals surface area contributed by atoms with Gasteiger partial charge >= 0.3 is 0 Å². The van der Waals surface area contributed by atoms with Crippen LogP contribution in [0.25, 0.3) is 11.1 Å². The van der Waals surface area contributed by atoms with Crippen molar-refractivity contribution in [1.82, 2.24) is 0 Å². The molecule has 3 aromatic carbocycles. The van der Waals surface area contributed by atoms with Crippen molar-refractivity contribution in [3.63, 3.8) is 0 Å². The Bertz CT molecular complexity index is 788. The third-order valence-electron chi connectivity index (χ3n) is 4.44. The highest BCUT2D eigenvalue weighted by molar-refractivity contribution is 5.64. The SMILES string of the molecule is Cc1ccc2c(c1)NC(c1ccc(-c3ccccc3)cc1)C2. The minimum absolute atomic E-state index is 0.390. The van der Waals surface area contributed by atoms with Crippen molar-refractivity contribution < 1.29 is 0 Å². The maximum Gasteiger partial charge on any atom is 0.0555 e. The molecule has 0 fully saturated rings. The zero-order chi connectivity index (χ0) is 14.9. The highest BCUT2D eigenvalue weighted by Crippen LogP contribution is 2.35. The van der Waals surface area contributed by atoms with E-state index in [1.807, 2.05) is 0 Å². The van der Waals surface area contributed by atoms with E-state index in [9.17, 15) is 0 Å². The van der Waals surface area contributed by atoms with E-state index >= 15 is 0 Å². The lowest BCUT2D eigenvalue weighted by Gasteiger charge is -2.12. The van der Waals surface area contributed by atoms with Gasteiger partial charge in [-0.1, -0.05) is 66.7 Å². The molecule has 4 rings (SSSR count). The van der Waals surface area contributed by atoms with E-state index < -0.39 is 0 Å². The fourth-order valence-corrected chi connectivity index (χ4v) is 3.20. The van der Waals surface area contributed by atoms with Gasteiger partial charge in [0.25, 0.3) is 0 Å². The van der Waals surface area contributed by atoms with Gasteiger partial charge in [-0.25, -0.2) is 0 Å². The Morgan fingerprint density at radius 3 is 2.32 bits per heavy atom. The van der Waals surface area contributed by atoms with E-state index in [-0.39, 0.29) is 0 Å². The number of benzene rings is 3. The summed E-state index contributed by atoms with van der Waals surface area (Å²) in [5.74, 6) is 0. The molecular weight excluding hydrogens is 266 g/mol. The Morgan fingerprint density at radius 2 is 1.55 bits per heavy atom. The van der Waals surface area contributed by atoms with Crippen LogP contribution in [0.3, 0.4) is 0 Å². The number of rotatable bonds is 2. The van der Waals surface area contributed by atoms with Crippen molar-refractivity contribution in [1.29, 1.82) is 0 Å². The van der Waals surface area contributed by atoms with Crippen LogP contribution < -0.4 is 5.32 Å². The molecule has 0 bridgehead atoms. The van der Waals surface area contributed by atoms with Crippen molar-refractivity contribution in [2.75, 3.05) is 5.32 Å². The Kier molecular flexibility index (Phi) is 3.19. The predicted molar refractivity (Wildman–Crippen MR) is 93.1 cm³/mol. The highest BCUT2D eigenvalue weighted by atomic mass is 14.9. The standard InChI is InChI=1S/C21H19N/c1-15-7-8-19-14-21(22-20(19)13-15)18-11-9-17(10-12-18)16-5-3-2-4-6-16/h2-13,21-22H,14H2,1H3. The summed E-state index contributed by atoms with van der Waals surface area (Å²) in [6.45, 7) is 2.14. The third-order valence-corrected chi connectivity index (χ3v) is 4.44. The predicted octanol–water partition coefficient (Wildman–Crippen LogP) is 5.37. The first kappa shape index (κ1) is 13.1. The molecule has 0 amide bonds. The van der Waals surface area contributed by atoms with Gasteiger partial charge in [-0.2, -0.15) is 0 Å². The second kappa shape index (κ2) is 5.34. The number of fused-ring (bicyclic) bond motifs is 1. The number of aryl methyl sites for hydroxylation is 1. The number of hydrogen-bond donors (Lipinski definition) is 1. The molecule has 0 aromatic heterocycles. The van der Waals surface area contributed by atoms with E-state index in [1.54, 1.807) is 0 Å². The van der Waals surface area contributed by atoms with Crippen LogP contribution in [0.15, 0.2) is 72.8 Å². The Labute approximate surface area is 131 Å². The molecule has 1 nitrogen and oxygen atoms in total. The van der Waals surface area contributed by atoms with Crippen LogP contribution in [0.4, 0.5) is 5.69 Å². The largest absolute Gasteiger partial charge is 0.378 e. The summed E-state index contributed by atoms with van der Waals surface area (Å²) in [4.78, 5) is 0. The Balaban J connectivity index is 1.58. The molecule has 0 saturated heterocycles. The van der Waals surface area contributed by atoms with Crippen LogP contribution in [0.1, 0.15) is 22.7 Å². The number of hydrogen-bond acceptors (Lipinski definition) is 1. The summed E-state index contributed by atoms with van der Waals surface area (Å²) >= 11 is 0. The molecule has 0 saturated carbocycles. The summed E-state index contributed by atoms with van der Waals surface area (Å²) in [5.41, 5.74) is 7.92. The van der Waals surface area contributed by atoms with E-state index in [0.717, 1.165) is 6.42 Å². The van der Waals surface area contributed by atoms with E-state index in [4.69, 9.17) is 0 Å². The summed E-state index contributed by atoms with van der Waals surface area (Å²) in [7, 11) is 0. The zero-order valence-electron chi connectivity index (χ0n) is 12.7. The molecule has 0 radical (unpaired) electrons. The van der Waals surface area contributed by atoms with Crippen molar-refractivity contribution >= 4 is 5.69 Å². The first-order valence-electron chi connectivity index (χ1n) is 7.81. The van der Waals surface area contributed by atoms with Gasteiger partial charge in [-0.15, -0.1) is 0 Å². The molecule has 108 valence electrons. The zero-order valence-corrected chi connectivity index (χ0v) is 12.7. The lowest BCUT2D eigenvalue weighted by Crippen LogP contribution is -2.05. The normalized spacial score (nSPS) is 16.1. The van der Waals surface area contributed by atoms with Crippen LogP contribution in [-0.2, 0) is 6.42 Å². The fourth-order valence-electron chi connectivity index (χ4n) is 3.20. The number of anilines is 1. The quantitative estimate of drug-likeness (QED) is 0.667. The summed E-state index contributed by atoms with van der Waals surface area (Å²) in [6, 6.07) is 26.6. The molecule has 1 aliphatic heterocycles. The van der Waals surface area contributed by atoms with Gasteiger partial charge in [0.15, 0.2) is 0 Å². The maximum absolute atomic E-state index is 3.65. The second-order valence-electron chi connectivity index (χ2n) is 6.05. The first-order chi connectivity index (χ1) is 10.8. The molecule has 1 atom stereocenters. The van der Waals surface area contributed by atoms with Crippen LogP contribution in [0.5, 0.6) is 0 Å². The monoisotopic (exact) mass is 285 g/mol. The second-order valence-corrected chi connectivity index (χ2v) is 6.05. The average molecular weight is 285 g/mol. The molecular formula is C21H19N. The molecule has 22 heavy (non-hydrogen) atoms. The van der Waals surface area contributed by atoms with Crippen LogP contribution in [-0.4, -0.2) is 0 Å². The Hall–Kier alpha value is -2.54. The fraction of sp³-hybridized carbons (Fsp3) is 0.143. The lowest BCUT2D eigenvalue weighted by molar-refractivity contribution is 0.824. The van der Waals surface area contributed by atoms with E-state index in [1.165, 1.54) is 33.5 Å². The first-order valence-corrected chi connectivity index (χ1v) is 7.81. The van der Waals surface area contributed by atoms with Crippen LogP contribution in [0.2, 0.25) is 0 Å². The van der Waals surface area contributed by atoms with Crippen molar-refractivity contribution in [2.45, 2.75) is 19.4 Å². The highest BCUT2D eigenvalue weighted by Gasteiger charge is 2.21. The van der Waals surface area contributed by atoms with Crippen LogP contribution >= 0.6 is 0 Å². The van der Waals surface area contributed by atoms with Crippen molar-refractivity contribution in [3.05, 3.63) is 89.5 Å². The minimum atomic E-state index is 0.390. The smallest absolute Gasteiger partial charge is 0.0555 e. The molecule has 1 unspecified atom stereocenters. The average Bonchev–Trinajstić information content (AvgIpc) is 2.99. The van der Waals surface area contributed by atoms with E-state index in [2.05, 4.69) is 85.0 Å². The summed E-state index contributed by atoms with van der Waals surface area (Å²) in [5, 5.41) is 3.65. The van der Waals surface area contributed by atoms with Gasteiger partial charge in [0, 0.05) is 5.69 Å². The molecule has 1 heteroatoms. The summed E-state index contributed by atoms with van der Waals surface area (Å²) < 4.78 is 0. The van der Waals surface area contributed by atoms with Crippen molar-refractivity contribution in [3.8, 4) is 11.1 Å². The van der Waals surface area contributed by atoms with Gasteiger partial charge in [-0.3, -0.25) is 0 Å². The summed E-state index contributed by atoms with van der Waals surface area (Å²) in [6.07, 6.45) is 1.07. The number of nitrogens with one attached hydrogen (secondary N) is 1. The molecule has 1 heterocycles. The Morgan fingerprint density at radius 1 is 0.818 bits per heavy atom. The molecule has 1 N–H and O–H groups in total. The van der Waals surface area contributed by atoms with Gasteiger partial charge in [-0.05, 0) is 47.2 Å². The van der Waals surface area contributed by atoms with Gasteiger partial charge in [0.2, 0.25) is 0 Å². The van der Waals surface area contributed by atoms with Crippen molar-refractivity contribution in [2.24, 2.45) is 0 Å². The molecule has 0 aliphatic carbocycles. The molecule has 1 aliphatic rings.